The smallest absolute Gasteiger partial charge is 0.315 e. The second-order valence-electron chi connectivity index (χ2n) is 11.2. The minimum absolute atomic E-state index is 0.169. The first-order chi connectivity index (χ1) is 18.6. The molecule has 1 aromatic carbocycles. The normalized spacial score (nSPS) is 19.1. The van der Waals surface area contributed by atoms with Crippen LogP contribution in [-0.4, -0.2) is 16.2 Å². The predicted molar refractivity (Wildman–Crippen MR) is 154 cm³/mol. The lowest BCUT2D eigenvalue weighted by Crippen LogP contribution is -2.31. The average Bonchev–Trinajstić information content (AvgIpc) is 2.96. The molecule has 206 valence electrons. The maximum Gasteiger partial charge on any atom is 0.315 e. The molecular weight excluding hydrogens is 470 g/mol. The molecule has 0 spiro atoms. The second-order valence-corrected chi connectivity index (χ2v) is 11.2. The topological polar surface area (TPSA) is 75.9 Å². The van der Waals surface area contributed by atoms with Crippen molar-refractivity contribution in [3.05, 3.63) is 42.0 Å². The van der Waals surface area contributed by atoms with E-state index in [1.54, 1.807) is 6.07 Å². The van der Waals surface area contributed by atoms with Crippen molar-refractivity contribution in [2.45, 2.75) is 123 Å². The quantitative estimate of drug-likeness (QED) is 0.164. The van der Waals surface area contributed by atoms with E-state index in [0.717, 1.165) is 43.4 Å². The van der Waals surface area contributed by atoms with Gasteiger partial charge >= 0.3 is 5.97 Å². The van der Waals surface area contributed by atoms with Crippen molar-refractivity contribution in [3.8, 4) is 23.2 Å². The van der Waals surface area contributed by atoms with E-state index in [1.165, 1.54) is 69.8 Å². The van der Waals surface area contributed by atoms with Crippen molar-refractivity contribution in [1.29, 1.82) is 5.26 Å². The third-order valence-electron chi connectivity index (χ3n) is 8.19. The molecule has 0 N–H and O–H groups in total. The second kappa shape index (κ2) is 16.3. The van der Waals surface area contributed by atoms with E-state index >= 15 is 0 Å². The minimum Gasteiger partial charge on any atom is -0.406 e. The Morgan fingerprint density at radius 2 is 1.50 bits per heavy atom. The molecule has 1 aliphatic rings. The highest BCUT2D eigenvalue weighted by Crippen LogP contribution is 2.42. The summed E-state index contributed by atoms with van der Waals surface area (Å²) in [4.78, 5) is 12.8. The van der Waals surface area contributed by atoms with Gasteiger partial charge in [0.25, 0.3) is 0 Å². The number of carbonyl (C=O) groups excluding carboxylic acids is 1. The summed E-state index contributed by atoms with van der Waals surface area (Å²) in [5, 5.41) is 18.3. The number of esters is 1. The van der Waals surface area contributed by atoms with E-state index < -0.39 is 0 Å². The van der Waals surface area contributed by atoms with Crippen molar-refractivity contribution >= 4 is 5.97 Å². The summed E-state index contributed by atoms with van der Waals surface area (Å²) in [6.07, 6.45) is 18.9. The lowest BCUT2D eigenvalue weighted by Gasteiger charge is -2.34. The molecule has 1 aromatic heterocycles. The summed E-state index contributed by atoms with van der Waals surface area (Å²) in [5.74, 6) is -0.177. The first-order valence-electron chi connectivity index (χ1n) is 15.1. The van der Waals surface area contributed by atoms with Crippen LogP contribution in [0.1, 0.15) is 122 Å². The Bertz CT molecular complexity index is 986. The molecule has 38 heavy (non-hydrogen) atoms. The fourth-order valence-corrected chi connectivity index (χ4v) is 5.56. The van der Waals surface area contributed by atoms with Crippen molar-refractivity contribution < 1.29 is 9.53 Å². The van der Waals surface area contributed by atoms with E-state index in [1.807, 2.05) is 6.07 Å². The standard InChI is InChI=1S/C33H47N3O2/c1-3-5-7-9-10-12-14-27-15-17-28(18-16-27)30-19-20-31(36-35-30)38-32(37)29-21-24-33(26-34,25-22-29)23-13-11-8-6-4-2/h15-20,29H,3-14,21-25H2,1-2H3. The van der Waals surface area contributed by atoms with Gasteiger partial charge in [0.05, 0.1) is 23.1 Å². The molecule has 1 heterocycles. The molecule has 0 aliphatic heterocycles. The Hall–Kier alpha value is -2.74. The first kappa shape index (κ1) is 29.8. The number of benzene rings is 1. The van der Waals surface area contributed by atoms with Crippen LogP contribution in [0.25, 0.3) is 11.3 Å². The van der Waals surface area contributed by atoms with Gasteiger partial charge in [-0.15, -0.1) is 10.2 Å². The Kier molecular flexibility index (Phi) is 12.8. The molecule has 0 unspecified atom stereocenters. The van der Waals surface area contributed by atoms with Gasteiger partial charge in [0.2, 0.25) is 5.88 Å². The average molecular weight is 518 g/mol. The van der Waals surface area contributed by atoms with E-state index in [0.29, 0.717) is 12.8 Å². The third-order valence-corrected chi connectivity index (χ3v) is 8.19. The van der Waals surface area contributed by atoms with Crippen LogP contribution >= 0.6 is 0 Å². The molecule has 0 saturated heterocycles. The zero-order valence-electron chi connectivity index (χ0n) is 23.7. The van der Waals surface area contributed by atoms with E-state index in [2.05, 4.69) is 54.4 Å². The predicted octanol–water partition coefficient (Wildman–Crippen LogP) is 9.01. The highest BCUT2D eigenvalue weighted by Gasteiger charge is 2.38. The number of carbonyl (C=O) groups is 1. The van der Waals surface area contributed by atoms with Crippen LogP contribution in [0.5, 0.6) is 5.88 Å². The van der Waals surface area contributed by atoms with Crippen LogP contribution in [0.15, 0.2) is 36.4 Å². The maximum atomic E-state index is 12.8. The number of unbranched alkanes of at least 4 members (excludes halogenated alkanes) is 9. The van der Waals surface area contributed by atoms with Crippen molar-refractivity contribution in [1.82, 2.24) is 10.2 Å². The van der Waals surface area contributed by atoms with Gasteiger partial charge < -0.3 is 4.74 Å². The fourth-order valence-electron chi connectivity index (χ4n) is 5.56. The largest absolute Gasteiger partial charge is 0.406 e. The van der Waals surface area contributed by atoms with Crippen LogP contribution < -0.4 is 4.74 Å². The van der Waals surface area contributed by atoms with Gasteiger partial charge in [0.15, 0.2) is 0 Å². The zero-order chi connectivity index (χ0) is 27.1. The molecule has 5 heteroatoms. The molecule has 1 saturated carbocycles. The Morgan fingerprint density at radius 1 is 0.868 bits per heavy atom. The fraction of sp³-hybridized carbons (Fsp3) is 0.636. The summed E-state index contributed by atoms with van der Waals surface area (Å²) in [6, 6.07) is 14.7. The molecule has 1 fully saturated rings. The van der Waals surface area contributed by atoms with Crippen LogP contribution in [0.3, 0.4) is 0 Å². The van der Waals surface area contributed by atoms with Gasteiger partial charge in [-0.25, -0.2) is 0 Å². The number of rotatable bonds is 16. The number of hydrogen-bond acceptors (Lipinski definition) is 5. The highest BCUT2D eigenvalue weighted by atomic mass is 16.5. The van der Waals surface area contributed by atoms with E-state index in [-0.39, 0.29) is 23.2 Å². The molecule has 0 amide bonds. The molecule has 0 radical (unpaired) electrons. The molecule has 0 atom stereocenters. The van der Waals surface area contributed by atoms with Crippen molar-refractivity contribution in [2.75, 3.05) is 0 Å². The number of nitriles is 1. The SMILES string of the molecule is CCCCCCCCc1ccc(-c2ccc(OC(=O)C3CCC(C#N)(CCCCCCC)CC3)nn2)cc1. The number of aromatic nitrogens is 2. The summed E-state index contributed by atoms with van der Waals surface area (Å²) < 4.78 is 5.57. The molecule has 0 bridgehead atoms. The molecule has 2 aromatic rings. The van der Waals surface area contributed by atoms with Crippen LogP contribution in [0, 0.1) is 22.7 Å². The van der Waals surface area contributed by atoms with Gasteiger partial charge in [-0.2, -0.15) is 5.26 Å². The van der Waals surface area contributed by atoms with Crippen LogP contribution in [0.4, 0.5) is 0 Å². The zero-order valence-corrected chi connectivity index (χ0v) is 23.7. The minimum atomic E-state index is -0.269. The maximum absolute atomic E-state index is 12.8. The highest BCUT2D eigenvalue weighted by molar-refractivity contribution is 5.75. The monoisotopic (exact) mass is 517 g/mol. The summed E-state index contributed by atoms with van der Waals surface area (Å²) in [7, 11) is 0. The van der Waals surface area contributed by atoms with E-state index in [9.17, 15) is 10.1 Å². The summed E-state index contributed by atoms with van der Waals surface area (Å²) in [5.41, 5.74) is 2.87. The van der Waals surface area contributed by atoms with E-state index in [4.69, 9.17) is 4.74 Å². The van der Waals surface area contributed by atoms with Crippen LogP contribution in [0.2, 0.25) is 0 Å². The van der Waals surface area contributed by atoms with Crippen molar-refractivity contribution in [3.63, 3.8) is 0 Å². The summed E-state index contributed by atoms with van der Waals surface area (Å²) >= 11 is 0. The van der Waals surface area contributed by atoms with Gasteiger partial charge in [0.1, 0.15) is 0 Å². The van der Waals surface area contributed by atoms with Crippen molar-refractivity contribution in [2.24, 2.45) is 11.3 Å². The number of hydrogen-bond donors (Lipinski definition) is 0. The third kappa shape index (κ3) is 9.53. The number of aryl methyl sites for hydroxylation is 1. The molecule has 5 nitrogen and oxygen atoms in total. The molecule has 3 rings (SSSR count). The molecular formula is C33H47N3O2. The number of ether oxygens (including phenoxy) is 1. The first-order valence-corrected chi connectivity index (χ1v) is 15.1. The van der Waals surface area contributed by atoms with Gasteiger partial charge in [-0.1, -0.05) is 102 Å². The Labute approximate surface area is 230 Å². The van der Waals surface area contributed by atoms with Gasteiger partial charge in [0, 0.05) is 11.6 Å². The van der Waals surface area contributed by atoms with Gasteiger partial charge in [-0.3, -0.25) is 4.79 Å². The Balaban J connectivity index is 1.42. The summed E-state index contributed by atoms with van der Waals surface area (Å²) in [6.45, 7) is 4.47. The van der Waals surface area contributed by atoms with Gasteiger partial charge in [-0.05, 0) is 56.6 Å². The lowest BCUT2D eigenvalue weighted by molar-refractivity contribution is -0.140. The molecule has 1 aliphatic carbocycles. The lowest BCUT2D eigenvalue weighted by atomic mass is 9.69. The Morgan fingerprint density at radius 3 is 2.11 bits per heavy atom. The number of nitrogens with zero attached hydrogens (tertiary/aromatic N) is 3. The van der Waals surface area contributed by atoms with Crippen LogP contribution in [-0.2, 0) is 11.2 Å².